The van der Waals surface area contributed by atoms with E-state index in [9.17, 15) is 0 Å². The third-order valence-corrected chi connectivity index (χ3v) is 5.19. The summed E-state index contributed by atoms with van der Waals surface area (Å²) in [6.45, 7) is 3.67. The molecule has 1 heterocycles. The lowest BCUT2D eigenvalue weighted by Gasteiger charge is -2.29. The summed E-state index contributed by atoms with van der Waals surface area (Å²) in [4.78, 5) is 0. The maximum absolute atomic E-state index is 3.31. The highest BCUT2D eigenvalue weighted by molar-refractivity contribution is 7.99. The van der Waals surface area contributed by atoms with Crippen LogP contribution < -0.4 is 5.32 Å². The molecule has 1 saturated heterocycles. The zero-order chi connectivity index (χ0) is 8.60. The van der Waals surface area contributed by atoms with Crippen molar-refractivity contribution in [3.05, 3.63) is 0 Å². The van der Waals surface area contributed by atoms with Gasteiger partial charge in [0.25, 0.3) is 0 Å². The van der Waals surface area contributed by atoms with E-state index in [1.165, 1.54) is 31.6 Å². The molecule has 12 heavy (non-hydrogen) atoms. The molecule has 1 aliphatic heterocycles. The van der Waals surface area contributed by atoms with Crippen LogP contribution in [0.15, 0.2) is 0 Å². The monoisotopic (exact) mass is 185 g/mol. The van der Waals surface area contributed by atoms with E-state index in [-0.39, 0.29) is 0 Å². The van der Waals surface area contributed by atoms with Gasteiger partial charge < -0.3 is 5.32 Å². The van der Waals surface area contributed by atoms with Crippen LogP contribution in [0.25, 0.3) is 0 Å². The molecule has 0 amide bonds. The molecular weight excluding hydrogens is 166 g/mol. The molecule has 1 spiro atoms. The fourth-order valence-electron chi connectivity index (χ4n) is 2.76. The molecule has 1 N–H and O–H groups in total. The molecule has 1 nitrogen and oxygen atoms in total. The van der Waals surface area contributed by atoms with E-state index in [1.54, 1.807) is 0 Å². The van der Waals surface area contributed by atoms with Gasteiger partial charge in [-0.2, -0.15) is 11.8 Å². The van der Waals surface area contributed by atoms with Crippen LogP contribution in [-0.2, 0) is 0 Å². The van der Waals surface area contributed by atoms with Crippen molar-refractivity contribution >= 4 is 11.8 Å². The second kappa shape index (κ2) is 3.22. The molecule has 0 aromatic carbocycles. The van der Waals surface area contributed by atoms with Crippen molar-refractivity contribution in [2.24, 2.45) is 11.3 Å². The Morgan fingerprint density at radius 3 is 3.08 bits per heavy atom. The molecule has 0 bridgehead atoms. The highest BCUT2D eigenvalue weighted by atomic mass is 32.2. The minimum atomic E-state index is 0.756. The summed E-state index contributed by atoms with van der Waals surface area (Å²) in [6, 6.07) is 0. The average Bonchev–Trinajstić information content (AvgIpc) is 2.73. The van der Waals surface area contributed by atoms with Gasteiger partial charge in [-0.25, -0.2) is 0 Å². The second-order valence-corrected chi connectivity index (χ2v) is 5.76. The summed E-state index contributed by atoms with van der Waals surface area (Å²) < 4.78 is 0. The molecule has 3 atom stereocenters. The first-order valence-electron chi connectivity index (χ1n) is 5.06. The Morgan fingerprint density at radius 2 is 2.42 bits per heavy atom. The highest BCUT2D eigenvalue weighted by Crippen LogP contribution is 2.63. The molecular formula is C10H19NS. The minimum absolute atomic E-state index is 0.756. The van der Waals surface area contributed by atoms with E-state index in [0.29, 0.717) is 0 Å². The van der Waals surface area contributed by atoms with Crippen molar-refractivity contribution in [1.29, 1.82) is 0 Å². The van der Waals surface area contributed by atoms with Gasteiger partial charge in [-0.05, 0) is 49.9 Å². The first-order chi connectivity index (χ1) is 5.79. The first kappa shape index (κ1) is 8.89. The fourth-order valence-corrected chi connectivity index (χ4v) is 4.16. The second-order valence-electron chi connectivity index (χ2n) is 4.31. The molecule has 1 aliphatic carbocycles. The van der Waals surface area contributed by atoms with Gasteiger partial charge in [0.2, 0.25) is 0 Å². The summed E-state index contributed by atoms with van der Waals surface area (Å²) in [5.74, 6) is 2.39. The molecule has 0 radical (unpaired) electrons. The molecule has 0 aromatic rings. The zero-order valence-electron chi connectivity index (χ0n) is 8.10. The maximum atomic E-state index is 3.31. The van der Waals surface area contributed by atoms with Crippen LogP contribution in [0.2, 0.25) is 0 Å². The van der Waals surface area contributed by atoms with Crippen LogP contribution in [0.3, 0.4) is 0 Å². The Kier molecular flexibility index (Phi) is 2.39. The van der Waals surface area contributed by atoms with Gasteiger partial charge in [-0.1, -0.05) is 6.92 Å². The zero-order valence-corrected chi connectivity index (χ0v) is 8.91. The SMILES string of the molecule is CNCC1CC12CCCSC2C. The quantitative estimate of drug-likeness (QED) is 0.707. The van der Waals surface area contributed by atoms with Gasteiger partial charge in [-0.15, -0.1) is 0 Å². The van der Waals surface area contributed by atoms with E-state index < -0.39 is 0 Å². The predicted octanol–water partition coefficient (Wildman–Crippen LogP) is 2.13. The number of hydrogen-bond acceptors (Lipinski definition) is 2. The van der Waals surface area contributed by atoms with E-state index >= 15 is 0 Å². The van der Waals surface area contributed by atoms with Crippen LogP contribution in [0.4, 0.5) is 0 Å². The molecule has 0 aromatic heterocycles. The van der Waals surface area contributed by atoms with Crippen LogP contribution in [-0.4, -0.2) is 24.6 Å². The van der Waals surface area contributed by atoms with Crippen molar-refractivity contribution in [2.75, 3.05) is 19.3 Å². The van der Waals surface area contributed by atoms with Gasteiger partial charge in [-0.3, -0.25) is 0 Å². The minimum Gasteiger partial charge on any atom is -0.319 e. The standard InChI is InChI=1S/C10H19NS/c1-8-10(4-3-5-12-8)6-9(10)7-11-2/h8-9,11H,3-7H2,1-2H3. The van der Waals surface area contributed by atoms with E-state index in [0.717, 1.165) is 16.6 Å². The third-order valence-electron chi connectivity index (χ3n) is 3.69. The summed E-state index contributed by atoms with van der Waals surface area (Å²) in [5.41, 5.74) is 0.756. The fraction of sp³-hybridized carbons (Fsp3) is 1.00. The normalized spacial score (nSPS) is 46.5. The average molecular weight is 185 g/mol. The Labute approximate surface area is 79.7 Å². The Bertz CT molecular complexity index is 171. The summed E-state index contributed by atoms with van der Waals surface area (Å²) in [6.07, 6.45) is 4.44. The number of thioether (sulfide) groups is 1. The summed E-state index contributed by atoms with van der Waals surface area (Å²) >= 11 is 2.19. The van der Waals surface area contributed by atoms with Crippen molar-refractivity contribution < 1.29 is 0 Å². The van der Waals surface area contributed by atoms with Crippen molar-refractivity contribution in [2.45, 2.75) is 31.4 Å². The summed E-state index contributed by atoms with van der Waals surface area (Å²) in [7, 11) is 2.08. The predicted molar refractivity (Wildman–Crippen MR) is 55.6 cm³/mol. The van der Waals surface area contributed by atoms with Crippen LogP contribution in [0, 0.1) is 11.3 Å². The first-order valence-corrected chi connectivity index (χ1v) is 6.10. The molecule has 70 valence electrons. The Morgan fingerprint density at radius 1 is 1.58 bits per heavy atom. The van der Waals surface area contributed by atoms with Gasteiger partial charge in [0, 0.05) is 5.25 Å². The van der Waals surface area contributed by atoms with Gasteiger partial charge in [0.15, 0.2) is 0 Å². The lowest BCUT2D eigenvalue weighted by atomic mass is 9.93. The van der Waals surface area contributed by atoms with E-state index in [4.69, 9.17) is 0 Å². The van der Waals surface area contributed by atoms with Gasteiger partial charge in [0.05, 0.1) is 0 Å². The van der Waals surface area contributed by atoms with E-state index in [2.05, 4.69) is 31.1 Å². The smallest absolute Gasteiger partial charge is 0.00784 e. The largest absolute Gasteiger partial charge is 0.319 e. The van der Waals surface area contributed by atoms with E-state index in [1.807, 2.05) is 0 Å². The lowest BCUT2D eigenvalue weighted by Crippen LogP contribution is -2.26. The molecule has 2 heteroatoms. The maximum Gasteiger partial charge on any atom is 0.00784 e. The molecule has 2 aliphatic rings. The lowest BCUT2D eigenvalue weighted by molar-refractivity contribution is 0.393. The molecule has 3 unspecified atom stereocenters. The summed E-state index contributed by atoms with van der Waals surface area (Å²) in [5, 5.41) is 4.23. The highest BCUT2D eigenvalue weighted by Gasteiger charge is 2.57. The van der Waals surface area contributed by atoms with Crippen LogP contribution in [0.1, 0.15) is 26.2 Å². The van der Waals surface area contributed by atoms with Crippen molar-refractivity contribution in [3.8, 4) is 0 Å². The third kappa shape index (κ3) is 1.29. The number of rotatable bonds is 2. The molecule has 2 rings (SSSR count). The van der Waals surface area contributed by atoms with Crippen molar-refractivity contribution in [1.82, 2.24) is 5.32 Å². The van der Waals surface area contributed by atoms with Gasteiger partial charge in [0.1, 0.15) is 0 Å². The Balaban J connectivity index is 1.94. The molecule has 1 saturated carbocycles. The Hall–Kier alpha value is 0.310. The van der Waals surface area contributed by atoms with Gasteiger partial charge >= 0.3 is 0 Å². The topological polar surface area (TPSA) is 12.0 Å². The molecule has 2 fully saturated rings. The van der Waals surface area contributed by atoms with Crippen molar-refractivity contribution in [3.63, 3.8) is 0 Å². The number of nitrogens with one attached hydrogen (secondary N) is 1. The van der Waals surface area contributed by atoms with Crippen LogP contribution >= 0.6 is 11.8 Å². The van der Waals surface area contributed by atoms with Crippen LogP contribution in [0.5, 0.6) is 0 Å². The number of hydrogen-bond donors (Lipinski definition) is 1.